The van der Waals surface area contributed by atoms with Crippen LogP contribution in [0.15, 0.2) is 36.5 Å². The van der Waals surface area contributed by atoms with E-state index in [0.717, 1.165) is 28.6 Å². The number of benzene rings is 1. The number of ether oxygens (including phenoxy) is 2. The smallest absolute Gasteiger partial charge is 0.165 e. The van der Waals surface area contributed by atoms with Crippen molar-refractivity contribution in [3.8, 4) is 11.5 Å². The van der Waals surface area contributed by atoms with E-state index >= 15 is 0 Å². The maximum atomic E-state index is 5.60. The zero-order valence-electron chi connectivity index (χ0n) is 13.6. The monoisotopic (exact) mass is 301 g/mol. The van der Waals surface area contributed by atoms with Crippen molar-refractivity contribution in [3.05, 3.63) is 42.1 Å². The zero-order valence-corrected chi connectivity index (χ0v) is 13.6. The van der Waals surface area contributed by atoms with Crippen LogP contribution >= 0.6 is 0 Å². The summed E-state index contributed by atoms with van der Waals surface area (Å²) < 4.78 is 11.1. The van der Waals surface area contributed by atoms with Crippen LogP contribution in [-0.4, -0.2) is 32.8 Å². The van der Waals surface area contributed by atoms with Gasteiger partial charge in [0.2, 0.25) is 0 Å². The van der Waals surface area contributed by atoms with E-state index in [1.807, 2.05) is 56.3 Å². The van der Waals surface area contributed by atoms with E-state index in [2.05, 4.69) is 10.3 Å². The predicted molar refractivity (Wildman–Crippen MR) is 90.1 cm³/mol. The van der Waals surface area contributed by atoms with Crippen LogP contribution in [0.4, 0.5) is 11.5 Å². The van der Waals surface area contributed by atoms with E-state index in [1.54, 1.807) is 13.3 Å². The molecule has 0 amide bonds. The molecule has 0 fully saturated rings. The van der Waals surface area contributed by atoms with Gasteiger partial charge in [-0.25, -0.2) is 4.98 Å². The summed E-state index contributed by atoms with van der Waals surface area (Å²) in [4.78, 5) is 6.39. The number of rotatable bonds is 7. The van der Waals surface area contributed by atoms with Crippen molar-refractivity contribution >= 4 is 11.5 Å². The number of anilines is 2. The van der Waals surface area contributed by atoms with Crippen LogP contribution in [0.25, 0.3) is 0 Å². The average Bonchev–Trinajstić information content (AvgIpc) is 2.53. The van der Waals surface area contributed by atoms with Gasteiger partial charge >= 0.3 is 0 Å². The lowest BCUT2D eigenvalue weighted by molar-refractivity contribution is 0.309. The summed E-state index contributed by atoms with van der Waals surface area (Å²) in [5.41, 5.74) is 2.14. The Morgan fingerprint density at radius 2 is 2.05 bits per heavy atom. The van der Waals surface area contributed by atoms with Gasteiger partial charge in [-0.2, -0.15) is 0 Å². The zero-order chi connectivity index (χ0) is 15.9. The molecule has 1 aromatic carbocycles. The molecule has 0 atom stereocenters. The minimum atomic E-state index is 0.611. The molecular formula is C17H23N3O2. The number of hydrogen-bond donors (Lipinski definition) is 1. The first-order valence-corrected chi connectivity index (χ1v) is 7.31. The molecule has 2 aromatic rings. The molecule has 0 bridgehead atoms. The topological polar surface area (TPSA) is 46.6 Å². The standard InChI is InChI=1S/C17H23N3O2/c1-5-22-15-8-6-7-13(17(15)21-4)12-19-16-11-14(20(2)3)9-10-18-16/h6-11H,5,12H2,1-4H3,(H,18,19). The highest BCUT2D eigenvalue weighted by Gasteiger charge is 2.10. The fourth-order valence-corrected chi connectivity index (χ4v) is 2.18. The van der Waals surface area contributed by atoms with Gasteiger partial charge in [0.25, 0.3) is 0 Å². The number of nitrogens with one attached hydrogen (secondary N) is 1. The molecule has 0 saturated heterocycles. The highest BCUT2D eigenvalue weighted by Crippen LogP contribution is 2.31. The summed E-state index contributed by atoms with van der Waals surface area (Å²) in [6.45, 7) is 3.19. The van der Waals surface area contributed by atoms with Gasteiger partial charge in [0.1, 0.15) is 5.82 Å². The van der Waals surface area contributed by atoms with Crippen LogP contribution in [-0.2, 0) is 6.54 Å². The van der Waals surface area contributed by atoms with Crippen molar-refractivity contribution in [2.75, 3.05) is 38.0 Å². The molecule has 2 rings (SSSR count). The van der Waals surface area contributed by atoms with Crippen LogP contribution < -0.4 is 19.7 Å². The van der Waals surface area contributed by atoms with Crippen LogP contribution in [0.2, 0.25) is 0 Å². The van der Waals surface area contributed by atoms with E-state index in [9.17, 15) is 0 Å². The minimum absolute atomic E-state index is 0.611. The van der Waals surface area contributed by atoms with Gasteiger partial charge in [0.15, 0.2) is 11.5 Å². The van der Waals surface area contributed by atoms with Crippen molar-refractivity contribution in [1.29, 1.82) is 0 Å². The molecule has 22 heavy (non-hydrogen) atoms. The Morgan fingerprint density at radius 3 is 2.73 bits per heavy atom. The first kappa shape index (κ1) is 15.9. The molecule has 0 unspecified atom stereocenters. The van der Waals surface area contributed by atoms with Gasteiger partial charge < -0.3 is 19.7 Å². The molecule has 0 saturated carbocycles. The van der Waals surface area contributed by atoms with E-state index in [0.29, 0.717) is 13.2 Å². The quantitative estimate of drug-likeness (QED) is 0.851. The van der Waals surface area contributed by atoms with Crippen molar-refractivity contribution in [2.45, 2.75) is 13.5 Å². The molecule has 0 spiro atoms. The second-order valence-electron chi connectivity index (χ2n) is 5.03. The number of pyridine rings is 1. The Labute approximate surface area is 131 Å². The number of aromatic nitrogens is 1. The maximum Gasteiger partial charge on any atom is 0.165 e. The van der Waals surface area contributed by atoms with E-state index in [1.165, 1.54) is 0 Å². The Morgan fingerprint density at radius 1 is 1.23 bits per heavy atom. The lowest BCUT2D eigenvalue weighted by Crippen LogP contribution is -2.10. The predicted octanol–water partition coefficient (Wildman–Crippen LogP) is 3.17. The third-order valence-electron chi connectivity index (χ3n) is 3.28. The summed E-state index contributed by atoms with van der Waals surface area (Å²) in [6, 6.07) is 9.88. The van der Waals surface area contributed by atoms with Crippen molar-refractivity contribution in [2.24, 2.45) is 0 Å². The lowest BCUT2D eigenvalue weighted by Gasteiger charge is -2.16. The second kappa shape index (κ2) is 7.54. The maximum absolute atomic E-state index is 5.60. The molecule has 1 heterocycles. The van der Waals surface area contributed by atoms with Crippen molar-refractivity contribution < 1.29 is 9.47 Å². The van der Waals surface area contributed by atoms with Crippen LogP contribution in [0, 0.1) is 0 Å². The summed E-state index contributed by atoms with van der Waals surface area (Å²) in [5, 5.41) is 3.33. The summed E-state index contributed by atoms with van der Waals surface area (Å²) in [7, 11) is 5.67. The van der Waals surface area contributed by atoms with Crippen LogP contribution in [0.5, 0.6) is 11.5 Å². The number of methoxy groups -OCH3 is 1. The lowest BCUT2D eigenvalue weighted by atomic mass is 10.2. The molecule has 118 valence electrons. The van der Waals surface area contributed by atoms with Crippen molar-refractivity contribution in [3.63, 3.8) is 0 Å². The molecule has 5 heteroatoms. The SMILES string of the molecule is CCOc1cccc(CNc2cc(N(C)C)ccn2)c1OC. The first-order valence-electron chi connectivity index (χ1n) is 7.31. The third kappa shape index (κ3) is 3.81. The fourth-order valence-electron chi connectivity index (χ4n) is 2.18. The Hall–Kier alpha value is -2.43. The Kier molecular flexibility index (Phi) is 5.47. The van der Waals surface area contributed by atoms with Crippen LogP contribution in [0.3, 0.4) is 0 Å². The molecule has 0 aliphatic heterocycles. The Bertz CT molecular complexity index is 615. The molecule has 5 nitrogen and oxygen atoms in total. The number of para-hydroxylation sites is 1. The van der Waals surface area contributed by atoms with Gasteiger partial charge in [-0.05, 0) is 19.1 Å². The van der Waals surface area contributed by atoms with Crippen LogP contribution in [0.1, 0.15) is 12.5 Å². The van der Waals surface area contributed by atoms with Gasteiger partial charge in [0.05, 0.1) is 13.7 Å². The minimum Gasteiger partial charge on any atom is -0.493 e. The van der Waals surface area contributed by atoms with E-state index in [4.69, 9.17) is 9.47 Å². The number of nitrogens with zero attached hydrogens (tertiary/aromatic N) is 2. The van der Waals surface area contributed by atoms with Gasteiger partial charge in [-0.3, -0.25) is 0 Å². The normalized spacial score (nSPS) is 10.2. The van der Waals surface area contributed by atoms with Gasteiger partial charge in [0, 0.05) is 44.2 Å². The molecule has 0 aliphatic rings. The summed E-state index contributed by atoms with van der Waals surface area (Å²) >= 11 is 0. The average molecular weight is 301 g/mol. The number of hydrogen-bond acceptors (Lipinski definition) is 5. The summed E-state index contributed by atoms with van der Waals surface area (Å²) in [6.07, 6.45) is 1.80. The first-order chi connectivity index (χ1) is 10.7. The fraction of sp³-hybridized carbons (Fsp3) is 0.353. The van der Waals surface area contributed by atoms with Gasteiger partial charge in [-0.1, -0.05) is 12.1 Å². The van der Waals surface area contributed by atoms with E-state index < -0.39 is 0 Å². The third-order valence-corrected chi connectivity index (χ3v) is 3.28. The second-order valence-corrected chi connectivity index (χ2v) is 5.03. The largest absolute Gasteiger partial charge is 0.493 e. The Balaban J connectivity index is 2.14. The molecule has 0 aliphatic carbocycles. The highest BCUT2D eigenvalue weighted by molar-refractivity contribution is 5.54. The van der Waals surface area contributed by atoms with Gasteiger partial charge in [-0.15, -0.1) is 0 Å². The molecule has 0 radical (unpaired) electrons. The molecular weight excluding hydrogens is 278 g/mol. The molecule has 1 aromatic heterocycles. The highest BCUT2D eigenvalue weighted by atomic mass is 16.5. The summed E-state index contributed by atoms with van der Waals surface area (Å²) in [5.74, 6) is 2.36. The van der Waals surface area contributed by atoms with E-state index in [-0.39, 0.29) is 0 Å². The van der Waals surface area contributed by atoms with Crippen molar-refractivity contribution in [1.82, 2.24) is 4.98 Å². The molecule has 1 N–H and O–H groups in total.